The Morgan fingerprint density at radius 3 is 2.61 bits per heavy atom. The van der Waals surface area contributed by atoms with Gasteiger partial charge in [0.05, 0.1) is 11.4 Å². The summed E-state index contributed by atoms with van der Waals surface area (Å²) in [6.45, 7) is 4.96. The molecule has 1 fully saturated rings. The Morgan fingerprint density at radius 1 is 1.09 bits per heavy atom. The summed E-state index contributed by atoms with van der Waals surface area (Å²) in [5.41, 5.74) is 3.47. The molecule has 0 N–H and O–H groups in total. The number of amides is 1. The summed E-state index contributed by atoms with van der Waals surface area (Å²) >= 11 is 0. The summed E-state index contributed by atoms with van der Waals surface area (Å²) in [5.74, 6) is 1.50. The predicted octanol–water partition coefficient (Wildman–Crippen LogP) is 2.89. The number of carbonyl (C=O) groups excluding carboxylic acids is 1. The third-order valence-corrected chi connectivity index (χ3v) is 6.01. The number of benzene rings is 2. The van der Waals surface area contributed by atoms with Gasteiger partial charge in [-0.15, -0.1) is 0 Å². The maximum absolute atomic E-state index is 12.2. The first kappa shape index (κ1) is 20.9. The van der Waals surface area contributed by atoms with Crippen molar-refractivity contribution in [2.75, 3.05) is 13.1 Å². The Hall–Kier alpha value is -3.94. The molecule has 1 aliphatic rings. The molecule has 0 spiro atoms. The van der Waals surface area contributed by atoms with Gasteiger partial charge in [0.15, 0.2) is 13.5 Å². The summed E-state index contributed by atoms with van der Waals surface area (Å²) in [5, 5.41) is 5.92. The van der Waals surface area contributed by atoms with Gasteiger partial charge in [-0.2, -0.15) is 5.10 Å². The van der Waals surface area contributed by atoms with E-state index in [1.54, 1.807) is 6.33 Å². The Morgan fingerprint density at radius 2 is 1.85 bits per heavy atom. The Labute approximate surface area is 193 Å². The Bertz CT molecular complexity index is 1300. The fraction of sp³-hybridized carbons (Fsp3) is 0.200. The van der Waals surface area contributed by atoms with Crippen molar-refractivity contribution in [3.8, 4) is 22.8 Å². The van der Waals surface area contributed by atoms with E-state index in [-0.39, 0.29) is 11.9 Å². The zero-order valence-electron chi connectivity index (χ0n) is 18.5. The molecular formula is C25H24BN5O2. The van der Waals surface area contributed by atoms with Crippen molar-refractivity contribution in [2.45, 2.75) is 18.9 Å². The fourth-order valence-corrected chi connectivity index (χ4v) is 4.36. The molecule has 0 radical (unpaired) electrons. The number of hydrogen-bond donors (Lipinski definition) is 0. The molecule has 1 saturated heterocycles. The fourth-order valence-electron chi connectivity index (χ4n) is 4.36. The highest BCUT2D eigenvalue weighted by Gasteiger charge is 2.27. The average molecular weight is 437 g/mol. The molecule has 8 heteroatoms. The monoisotopic (exact) mass is 437 g/mol. The van der Waals surface area contributed by atoms with Gasteiger partial charge >= 0.3 is 0 Å². The SMILES string of the molecule is Bc1ncnc2c1c(-c1ccc(Oc3ccccc3)cc1)nn2[C@@H]1CCCN(C(=O)C=C)C1. The van der Waals surface area contributed by atoms with E-state index in [2.05, 4.69) is 16.5 Å². The van der Waals surface area contributed by atoms with E-state index in [4.69, 9.17) is 9.84 Å². The molecule has 4 aromatic rings. The van der Waals surface area contributed by atoms with E-state index >= 15 is 0 Å². The number of nitrogens with zero attached hydrogens (tertiary/aromatic N) is 5. The van der Waals surface area contributed by atoms with Gasteiger partial charge in [0.1, 0.15) is 23.5 Å². The number of piperidine rings is 1. The first-order valence-corrected chi connectivity index (χ1v) is 11.1. The number of hydrogen-bond acceptors (Lipinski definition) is 5. The van der Waals surface area contributed by atoms with Crippen LogP contribution in [0.4, 0.5) is 0 Å². The van der Waals surface area contributed by atoms with Crippen LogP contribution >= 0.6 is 0 Å². The number of rotatable bonds is 5. The van der Waals surface area contributed by atoms with Crippen LogP contribution in [-0.4, -0.2) is 51.5 Å². The lowest BCUT2D eigenvalue weighted by molar-refractivity contribution is -0.127. The normalized spacial score (nSPS) is 16.0. The minimum absolute atomic E-state index is 0.0452. The van der Waals surface area contributed by atoms with Crippen LogP contribution in [0, 0.1) is 0 Å². The number of carbonyl (C=O) groups is 1. The van der Waals surface area contributed by atoms with Crippen LogP contribution in [-0.2, 0) is 4.79 Å². The van der Waals surface area contributed by atoms with Crippen molar-refractivity contribution in [1.29, 1.82) is 0 Å². The van der Waals surface area contributed by atoms with Gasteiger partial charge in [-0.05, 0) is 55.3 Å². The van der Waals surface area contributed by atoms with Crippen LogP contribution in [0.2, 0.25) is 0 Å². The summed E-state index contributed by atoms with van der Waals surface area (Å²) in [6.07, 6.45) is 4.80. The van der Waals surface area contributed by atoms with E-state index in [0.717, 1.165) is 58.8 Å². The Balaban J connectivity index is 1.50. The van der Waals surface area contributed by atoms with Crippen LogP contribution in [0.15, 0.2) is 73.6 Å². The average Bonchev–Trinajstić information content (AvgIpc) is 3.26. The lowest BCUT2D eigenvalue weighted by Gasteiger charge is -2.32. The van der Waals surface area contributed by atoms with Crippen molar-refractivity contribution in [1.82, 2.24) is 24.6 Å². The smallest absolute Gasteiger partial charge is 0.246 e. The van der Waals surface area contributed by atoms with Gasteiger partial charge in [-0.3, -0.25) is 9.78 Å². The van der Waals surface area contributed by atoms with Crippen LogP contribution < -0.4 is 10.3 Å². The lowest BCUT2D eigenvalue weighted by Crippen LogP contribution is -2.40. The summed E-state index contributed by atoms with van der Waals surface area (Å²) in [6, 6.07) is 17.6. The second kappa shape index (κ2) is 8.90. The van der Waals surface area contributed by atoms with Crippen LogP contribution in [0.5, 0.6) is 11.5 Å². The van der Waals surface area contributed by atoms with Gasteiger partial charge in [0.25, 0.3) is 0 Å². The van der Waals surface area contributed by atoms with Gasteiger partial charge in [0.2, 0.25) is 5.91 Å². The van der Waals surface area contributed by atoms with Crippen molar-refractivity contribution in [2.24, 2.45) is 0 Å². The van der Waals surface area contributed by atoms with Crippen molar-refractivity contribution >= 4 is 30.4 Å². The molecule has 0 bridgehead atoms. The zero-order valence-corrected chi connectivity index (χ0v) is 18.5. The molecule has 5 rings (SSSR count). The first-order chi connectivity index (χ1) is 16.1. The third kappa shape index (κ3) is 4.12. The van der Waals surface area contributed by atoms with Crippen LogP contribution in [0.3, 0.4) is 0 Å². The minimum Gasteiger partial charge on any atom is -0.457 e. The maximum Gasteiger partial charge on any atom is 0.246 e. The molecule has 1 aliphatic heterocycles. The quantitative estimate of drug-likeness (QED) is 0.355. The molecular weight excluding hydrogens is 413 g/mol. The number of likely N-dealkylation sites (tertiary alicyclic amines) is 1. The lowest BCUT2D eigenvalue weighted by atomic mass is 9.97. The highest BCUT2D eigenvalue weighted by Crippen LogP contribution is 2.32. The highest BCUT2D eigenvalue weighted by atomic mass is 16.5. The van der Waals surface area contributed by atoms with E-state index < -0.39 is 0 Å². The van der Waals surface area contributed by atoms with E-state index in [9.17, 15) is 4.79 Å². The highest BCUT2D eigenvalue weighted by molar-refractivity contribution is 6.37. The summed E-state index contributed by atoms with van der Waals surface area (Å²) in [7, 11) is 1.97. The van der Waals surface area contributed by atoms with Crippen molar-refractivity contribution < 1.29 is 9.53 Å². The number of para-hydroxylation sites is 1. The van der Waals surface area contributed by atoms with Gasteiger partial charge in [0, 0.05) is 24.2 Å². The largest absolute Gasteiger partial charge is 0.457 e. The van der Waals surface area contributed by atoms with E-state index in [1.165, 1.54) is 6.08 Å². The van der Waals surface area contributed by atoms with Crippen molar-refractivity contribution in [3.63, 3.8) is 0 Å². The first-order valence-electron chi connectivity index (χ1n) is 11.1. The molecule has 164 valence electrons. The Kier molecular flexibility index (Phi) is 5.65. The molecule has 0 unspecified atom stereocenters. The third-order valence-electron chi connectivity index (χ3n) is 6.01. The van der Waals surface area contributed by atoms with Gasteiger partial charge < -0.3 is 9.64 Å². The van der Waals surface area contributed by atoms with Crippen LogP contribution in [0.25, 0.3) is 22.3 Å². The van der Waals surface area contributed by atoms with Gasteiger partial charge in [-0.1, -0.05) is 24.8 Å². The van der Waals surface area contributed by atoms with Crippen LogP contribution in [0.1, 0.15) is 18.9 Å². The molecule has 2 aromatic heterocycles. The summed E-state index contributed by atoms with van der Waals surface area (Å²) in [4.78, 5) is 23.0. The zero-order chi connectivity index (χ0) is 22.8. The molecule has 7 nitrogen and oxygen atoms in total. The molecule has 2 aromatic carbocycles. The molecule has 33 heavy (non-hydrogen) atoms. The molecule has 0 saturated carbocycles. The predicted molar refractivity (Wildman–Crippen MR) is 131 cm³/mol. The number of aromatic nitrogens is 4. The topological polar surface area (TPSA) is 73.1 Å². The van der Waals surface area contributed by atoms with E-state index in [0.29, 0.717) is 6.54 Å². The molecule has 3 heterocycles. The van der Waals surface area contributed by atoms with Gasteiger partial charge in [-0.25, -0.2) is 9.67 Å². The maximum atomic E-state index is 12.2. The molecule has 0 aliphatic carbocycles. The van der Waals surface area contributed by atoms with Crippen molar-refractivity contribution in [3.05, 3.63) is 73.6 Å². The standard InChI is InChI=1S/C25H24BN5O2/c1-2-21(32)30-14-6-7-18(15-30)31-25-22(24(26)27-16-28-25)23(29-31)17-10-12-20(13-11-17)33-19-8-4-3-5-9-19/h2-5,8-13,16,18H,1,6-7,14-15,26H2/t18-/m1/s1. The summed E-state index contributed by atoms with van der Waals surface area (Å²) < 4.78 is 7.90. The second-order valence-electron chi connectivity index (χ2n) is 8.17. The van der Waals surface area contributed by atoms with E-state index in [1.807, 2.05) is 72.0 Å². The second-order valence-corrected chi connectivity index (χ2v) is 8.17. The molecule has 1 amide bonds. The number of fused-ring (bicyclic) bond motifs is 1. The minimum atomic E-state index is -0.0452. The molecule has 1 atom stereocenters. The number of ether oxygens (including phenoxy) is 1.